The molecule has 8 heteroatoms. The molecule has 1 aliphatic rings. The van der Waals surface area contributed by atoms with Crippen molar-refractivity contribution >= 4 is 28.9 Å². The molecule has 1 fully saturated rings. The van der Waals surface area contributed by atoms with Crippen LogP contribution in [0.2, 0.25) is 0 Å². The van der Waals surface area contributed by atoms with Crippen molar-refractivity contribution in [3.8, 4) is 5.75 Å². The van der Waals surface area contributed by atoms with E-state index in [0.717, 1.165) is 28.7 Å². The van der Waals surface area contributed by atoms with E-state index in [1.54, 1.807) is 6.08 Å². The van der Waals surface area contributed by atoms with Crippen LogP contribution in [0.15, 0.2) is 24.8 Å². The first-order valence-corrected chi connectivity index (χ1v) is 10.4. The van der Waals surface area contributed by atoms with Crippen LogP contribution in [-0.2, 0) is 16.1 Å². The number of rotatable bonds is 9. The van der Waals surface area contributed by atoms with Gasteiger partial charge in [0.15, 0.2) is 0 Å². The van der Waals surface area contributed by atoms with Gasteiger partial charge < -0.3 is 19.7 Å². The third-order valence-corrected chi connectivity index (χ3v) is 5.83. The number of carboxylic acids is 1. The molecule has 31 heavy (non-hydrogen) atoms. The van der Waals surface area contributed by atoms with Gasteiger partial charge in [0.05, 0.1) is 12.1 Å². The Labute approximate surface area is 179 Å². The Morgan fingerprint density at radius 3 is 2.52 bits per heavy atom. The Morgan fingerprint density at radius 1 is 1.32 bits per heavy atom. The number of nitrogens with zero attached hydrogens (tertiary/aromatic N) is 1. The Hall–Kier alpha value is -2.90. The summed E-state index contributed by atoms with van der Waals surface area (Å²) in [7, 11) is 0. The lowest BCUT2D eigenvalue weighted by Crippen LogP contribution is -2.66. The highest BCUT2D eigenvalue weighted by Crippen LogP contribution is 2.46. The summed E-state index contributed by atoms with van der Waals surface area (Å²) in [6.45, 7) is 10.8. The topological polar surface area (TPSA) is 80.6 Å². The molecule has 168 valence electrons. The molecule has 3 rings (SSSR count). The number of halogens is 2. The number of carboxylic acid groups (broad SMARTS) is 1. The third kappa shape index (κ3) is 4.29. The van der Waals surface area contributed by atoms with E-state index in [0.29, 0.717) is 12.4 Å². The molecule has 1 saturated carbocycles. The maximum atomic E-state index is 13.3. The largest absolute Gasteiger partial charge is 0.493 e. The first kappa shape index (κ1) is 22.8. The molecule has 2 N–H and O–H groups in total. The number of carbonyl (C=O) groups excluding carboxylic acids is 1. The van der Waals surface area contributed by atoms with Crippen LogP contribution >= 0.6 is 0 Å². The van der Waals surface area contributed by atoms with Gasteiger partial charge in [-0.3, -0.25) is 4.79 Å². The number of fused-ring (bicyclic) bond motifs is 1. The number of alkyl halides is 2. The molecule has 1 atom stereocenters. The van der Waals surface area contributed by atoms with Gasteiger partial charge in [-0.1, -0.05) is 13.5 Å². The van der Waals surface area contributed by atoms with E-state index in [9.17, 15) is 23.5 Å². The predicted octanol–water partition coefficient (Wildman–Crippen LogP) is 4.57. The number of carbonyl (C=O) groups is 2. The molecule has 1 aliphatic carbocycles. The minimum atomic E-state index is -3.07. The average molecular weight is 434 g/mol. The lowest BCUT2D eigenvalue weighted by molar-refractivity contribution is -0.179. The monoisotopic (exact) mass is 434 g/mol. The van der Waals surface area contributed by atoms with Crippen LogP contribution in [0.3, 0.4) is 0 Å². The number of hydrogen-bond donors (Lipinski definition) is 2. The molecule has 1 unspecified atom stereocenters. The van der Waals surface area contributed by atoms with Crippen molar-refractivity contribution in [1.29, 1.82) is 0 Å². The van der Waals surface area contributed by atoms with Crippen LogP contribution in [-0.4, -0.2) is 39.6 Å². The van der Waals surface area contributed by atoms with Crippen LogP contribution in [0, 0.1) is 0 Å². The quantitative estimate of drug-likeness (QED) is 0.606. The molecule has 0 bridgehead atoms. The standard InChI is InChI=1S/C23H28F2N2O4/c1-5-16-11-17-18(27(16)6-2)9-15(10-19(17)31-7-3)14(4)8-20(28)26-22(21(29)30)12-23(24,25)13-22/h5,9-11,14H,1,6-8,12-13H2,2-4H3,(H,26,28)(H,29,30). The first-order chi connectivity index (χ1) is 14.6. The fourth-order valence-corrected chi connectivity index (χ4v) is 4.29. The number of aliphatic carboxylic acids is 1. The van der Waals surface area contributed by atoms with Gasteiger partial charge in [0, 0.05) is 36.9 Å². The van der Waals surface area contributed by atoms with Crippen molar-refractivity contribution < 1.29 is 28.2 Å². The minimum Gasteiger partial charge on any atom is -0.493 e. The van der Waals surface area contributed by atoms with E-state index >= 15 is 0 Å². The zero-order chi connectivity index (χ0) is 23.0. The van der Waals surface area contributed by atoms with Crippen molar-refractivity contribution in [3.05, 3.63) is 36.0 Å². The Morgan fingerprint density at radius 2 is 2.00 bits per heavy atom. The van der Waals surface area contributed by atoms with Gasteiger partial charge in [-0.2, -0.15) is 0 Å². The van der Waals surface area contributed by atoms with Gasteiger partial charge in [0.1, 0.15) is 11.3 Å². The molecule has 1 amide bonds. The number of ether oxygens (including phenoxy) is 1. The zero-order valence-electron chi connectivity index (χ0n) is 18.0. The van der Waals surface area contributed by atoms with Crippen molar-refractivity contribution in [2.75, 3.05) is 6.61 Å². The van der Waals surface area contributed by atoms with E-state index in [-0.39, 0.29) is 12.3 Å². The third-order valence-electron chi connectivity index (χ3n) is 5.83. The van der Waals surface area contributed by atoms with Crippen LogP contribution in [0.4, 0.5) is 8.78 Å². The van der Waals surface area contributed by atoms with Crippen LogP contribution in [0.1, 0.15) is 57.2 Å². The summed E-state index contributed by atoms with van der Waals surface area (Å²) >= 11 is 0. The summed E-state index contributed by atoms with van der Waals surface area (Å²) in [6, 6.07) is 5.86. The molecule has 2 aromatic rings. The molecule has 1 heterocycles. The predicted molar refractivity (Wildman–Crippen MR) is 115 cm³/mol. The highest BCUT2D eigenvalue weighted by atomic mass is 19.3. The van der Waals surface area contributed by atoms with E-state index in [2.05, 4.69) is 16.5 Å². The molecular formula is C23H28F2N2O4. The van der Waals surface area contributed by atoms with Crippen molar-refractivity contribution in [2.45, 2.75) is 64.0 Å². The van der Waals surface area contributed by atoms with Gasteiger partial charge in [-0.05, 0) is 49.6 Å². The maximum Gasteiger partial charge on any atom is 0.329 e. The SMILES string of the molecule is C=Cc1cc2c(OCC)cc(C(C)CC(=O)NC3(C(=O)O)CC(F)(F)C3)cc2n1CC. The Kier molecular flexibility index (Phi) is 6.11. The van der Waals surface area contributed by atoms with Crippen molar-refractivity contribution in [2.24, 2.45) is 0 Å². The second kappa shape index (κ2) is 8.32. The molecule has 0 spiro atoms. The number of benzene rings is 1. The van der Waals surface area contributed by atoms with Crippen molar-refractivity contribution in [3.63, 3.8) is 0 Å². The van der Waals surface area contributed by atoms with Gasteiger partial charge in [0.25, 0.3) is 5.92 Å². The van der Waals surface area contributed by atoms with Crippen LogP contribution in [0.25, 0.3) is 17.0 Å². The molecular weight excluding hydrogens is 406 g/mol. The number of amides is 1. The second-order valence-corrected chi connectivity index (χ2v) is 8.15. The molecule has 0 saturated heterocycles. The Bertz CT molecular complexity index is 1020. The summed E-state index contributed by atoms with van der Waals surface area (Å²) in [6.07, 6.45) is -0.0250. The summed E-state index contributed by atoms with van der Waals surface area (Å²) in [5, 5.41) is 12.6. The molecule has 1 aromatic heterocycles. The summed E-state index contributed by atoms with van der Waals surface area (Å²) in [4.78, 5) is 24.0. The zero-order valence-corrected chi connectivity index (χ0v) is 18.0. The molecule has 1 aromatic carbocycles. The fraction of sp³-hybridized carbons (Fsp3) is 0.478. The molecule has 0 radical (unpaired) electrons. The van der Waals surface area contributed by atoms with E-state index in [1.807, 2.05) is 39.0 Å². The van der Waals surface area contributed by atoms with Crippen LogP contribution in [0.5, 0.6) is 5.75 Å². The lowest BCUT2D eigenvalue weighted by Gasteiger charge is -2.44. The van der Waals surface area contributed by atoms with Gasteiger partial charge in [-0.25, -0.2) is 13.6 Å². The lowest BCUT2D eigenvalue weighted by atomic mass is 9.73. The second-order valence-electron chi connectivity index (χ2n) is 8.15. The molecule has 6 nitrogen and oxygen atoms in total. The fourth-order valence-electron chi connectivity index (χ4n) is 4.29. The Balaban J connectivity index is 1.86. The maximum absolute atomic E-state index is 13.3. The first-order valence-electron chi connectivity index (χ1n) is 10.4. The number of nitrogens with one attached hydrogen (secondary N) is 1. The van der Waals surface area contributed by atoms with Crippen molar-refractivity contribution in [1.82, 2.24) is 9.88 Å². The van der Waals surface area contributed by atoms with E-state index in [1.165, 1.54) is 0 Å². The van der Waals surface area contributed by atoms with Gasteiger partial charge >= 0.3 is 5.97 Å². The van der Waals surface area contributed by atoms with E-state index in [4.69, 9.17) is 4.74 Å². The molecule has 0 aliphatic heterocycles. The van der Waals surface area contributed by atoms with Gasteiger partial charge in [-0.15, -0.1) is 0 Å². The van der Waals surface area contributed by atoms with Crippen LogP contribution < -0.4 is 10.1 Å². The highest BCUT2D eigenvalue weighted by Gasteiger charge is 2.62. The van der Waals surface area contributed by atoms with Gasteiger partial charge in [0.2, 0.25) is 5.91 Å². The highest BCUT2D eigenvalue weighted by molar-refractivity contribution is 5.91. The summed E-state index contributed by atoms with van der Waals surface area (Å²) in [5.41, 5.74) is 0.857. The number of hydrogen-bond acceptors (Lipinski definition) is 3. The average Bonchev–Trinajstić information content (AvgIpc) is 3.04. The number of aromatic nitrogens is 1. The summed E-state index contributed by atoms with van der Waals surface area (Å²) < 4.78 is 34.5. The number of aryl methyl sites for hydroxylation is 1. The normalized spacial score (nSPS) is 17.6. The minimum absolute atomic E-state index is 0.0289. The summed E-state index contributed by atoms with van der Waals surface area (Å²) in [5.74, 6) is -4.65. The smallest absolute Gasteiger partial charge is 0.329 e. The van der Waals surface area contributed by atoms with E-state index < -0.39 is 36.2 Å².